The minimum Gasteiger partial charge on any atom is -0.383 e. The van der Waals surface area contributed by atoms with Crippen molar-refractivity contribution in [1.82, 2.24) is 15.1 Å². The molecule has 2 fully saturated rings. The van der Waals surface area contributed by atoms with E-state index in [9.17, 15) is 4.79 Å². The third kappa shape index (κ3) is 3.07. The zero-order valence-electron chi connectivity index (χ0n) is 12.2. The fourth-order valence-electron chi connectivity index (χ4n) is 3.18. The molecule has 21 heavy (non-hydrogen) atoms. The van der Waals surface area contributed by atoms with Crippen LogP contribution in [0.2, 0.25) is 5.02 Å². The first-order chi connectivity index (χ1) is 10.2. The van der Waals surface area contributed by atoms with Gasteiger partial charge < -0.3 is 15.0 Å². The molecule has 2 saturated heterocycles. The van der Waals surface area contributed by atoms with Crippen LogP contribution in [0.5, 0.6) is 0 Å². The number of halogens is 1. The fraction of sp³-hybridized carbons (Fsp3) is 0.714. The molecule has 0 aliphatic carbocycles. The van der Waals surface area contributed by atoms with Gasteiger partial charge in [-0.15, -0.1) is 0 Å². The van der Waals surface area contributed by atoms with Gasteiger partial charge in [0.2, 0.25) is 0 Å². The molecule has 0 saturated carbocycles. The highest BCUT2D eigenvalue weighted by molar-refractivity contribution is 6.33. The van der Waals surface area contributed by atoms with Gasteiger partial charge in [0.15, 0.2) is 0 Å². The summed E-state index contributed by atoms with van der Waals surface area (Å²) in [6, 6.07) is 1.10. The smallest absolute Gasteiger partial charge is 0.287 e. The van der Waals surface area contributed by atoms with E-state index in [1.165, 1.54) is 17.5 Å². The van der Waals surface area contributed by atoms with Crippen LogP contribution in [0.15, 0.2) is 11.0 Å². The van der Waals surface area contributed by atoms with Gasteiger partial charge in [0.05, 0.1) is 25.0 Å². The van der Waals surface area contributed by atoms with Crippen molar-refractivity contribution in [3.8, 4) is 0 Å². The van der Waals surface area contributed by atoms with E-state index in [-0.39, 0.29) is 10.6 Å². The predicted molar refractivity (Wildman–Crippen MR) is 82.2 cm³/mol. The van der Waals surface area contributed by atoms with Crippen molar-refractivity contribution in [2.75, 3.05) is 31.7 Å². The molecule has 7 heteroatoms. The highest BCUT2D eigenvalue weighted by atomic mass is 35.5. The molecule has 0 radical (unpaired) electrons. The molecular weight excluding hydrogens is 292 g/mol. The number of fused-ring (bicyclic) bond motifs is 2. The summed E-state index contributed by atoms with van der Waals surface area (Å²) in [5.41, 5.74) is 0.512. The number of ether oxygens (including phenoxy) is 1. The van der Waals surface area contributed by atoms with Crippen LogP contribution in [0.25, 0.3) is 0 Å². The SMILES string of the molecule is COCCn1ncc(N2CCC3CCC(C2)N3)c(Cl)c1=O. The fourth-order valence-corrected chi connectivity index (χ4v) is 3.44. The van der Waals surface area contributed by atoms with Gasteiger partial charge in [-0.1, -0.05) is 11.6 Å². The van der Waals surface area contributed by atoms with E-state index in [1.807, 2.05) is 0 Å². The third-order valence-corrected chi connectivity index (χ3v) is 4.69. The van der Waals surface area contributed by atoms with Crippen LogP contribution in [0.1, 0.15) is 19.3 Å². The number of hydrogen-bond donors (Lipinski definition) is 1. The third-order valence-electron chi connectivity index (χ3n) is 4.34. The molecular formula is C14H21ClN4O2. The molecule has 0 amide bonds. The molecule has 2 aliphatic heterocycles. The van der Waals surface area contributed by atoms with Gasteiger partial charge in [-0.05, 0) is 19.3 Å². The van der Waals surface area contributed by atoms with Gasteiger partial charge in [0.1, 0.15) is 5.02 Å². The molecule has 2 bridgehead atoms. The molecule has 2 unspecified atom stereocenters. The Kier molecular flexibility index (Phi) is 4.47. The minimum absolute atomic E-state index is 0.242. The van der Waals surface area contributed by atoms with Gasteiger partial charge in [-0.2, -0.15) is 5.10 Å². The van der Waals surface area contributed by atoms with E-state index in [2.05, 4.69) is 15.3 Å². The highest BCUT2D eigenvalue weighted by Crippen LogP contribution is 2.27. The number of anilines is 1. The maximum atomic E-state index is 12.3. The number of nitrogens with one attached hydrogen (secondary N) is 1. The normalized spacial score (nSPS) is 25.1. The average Bonchev–Trinajstić information content (AvgIpc) is 2.81. The molecule has 1 aromatic rings. The Morgan fingerprint density at radius 2 is 2.24 bits per heavy atom. The van der Waals surface area contributed by atoms with Crippen molar-refractivity contribution in [3.05, 3.63) is 21.6 Å². The topological polar surface area (TPSA) is 59.4 Å². The van der Waals surface area contributed by atoms with Gasteiger partial charge >= 0.3 is 0 Å². The standard InChI is InChI=1S/C14H21ClN4O2/c1-21-7-6-19-14(20)13(15)12(8-16-19)18-5-4-10-2-3-11(9-18)17-10/h8,10-11,17H,2-7,9H2,1H3. The summed E-state index contributed by atoms with van der Waals surface area (Å²) in [5.74, 6) is 0. The Bertz CT molecular complexity index is 562. The molecule has 1 aromatic heterocycles. The monoisotopic (exact) mass is 312 g/mol. The Balaban J connectivity index is 1.82. The molecule has 1 N–H and O–H groups in total. The molecule has 116 valence electrons. The summed E-state index contributed by atoms with van der Waals surface area (Å²) in [5, 5.41) is 8.11. The number of methoxy groups -OCH3 is 1. The molecule has 3 heterocycles. The van der Waals surface area contributed by atoms with Crippen LogP contribution >= 0.6 is 11.6 Å². The molecule has 6 nitrogen and oxygen atoms in total. The van der Waals surface area contributed by atoms with E-state index in [4.69, 9.17) is 16.3 Å². The van der Waals surface area contributed by atoms with Crippen molar-refractivity contribution in [2.45, 2.75) is 37.9 Å². The summed E-state index contributed by atoms with van der Waals surface area (Å²) in [6.45, 7) is 2.66. The van der Waals surface area contributed by atoms with Crippen LogP contribution in [-0.4, -0.2) is 48.7 Å². The van der Waals surface area contributed by atoms with Crippen molar-refractivity contribution in [2.24, 2.45) is 0 Å². The quantitative estimate of drug-likeness (QED) is 0.894. The second kappa shape index (κ2) is 6.34. The van der Waals surface area contributed by atoms with Crippen LogP contribution in [0, 0.1) is 0 Å². The number of hydrogen-bond acceptors (Lipinski definition) is 5. The molecule has 2 atom stereocenters. The summed E-state index contributed by atoms with van der Waals surface area (Å²) in [7, 11) is 1.60. The minimum atomic E-state index is -0.242. The average molecular weight is 313 g/mol. The number of nitrogens with zero attached hydrogens (tertiary/aromatic N) is 3. The lowest BCUT2D eigenvalue weighted by atomic mass is 10.1. The lowest BCUT2D eigenvalue weighted by Gasteiger charge is -2.26. The molecule has 0 aromatic carbocycles. The highest BCUT2D eigenvalue weighted by Gasteiger charge is 2.30. The van der Waals surface area contributed by atoms with Gasteiger partial charge in [-0.3, -0.25) is 4.79 Å². The lowest BCUT2D eigenvalue weighted by molar-refractivity contribution is 0.182. The summed E-state index contributed by atoms with van der Waals surface area (Å²) < 4.78 is 6.33. The Morgan fingerprint density at radius 3 is 3.05 bits per heavy atom. The second-order valence-electron chi connectivity index (χ2n) is 5.74. The van der Waals surface area contributed by atoms with Crippen molar-refractivity contribution >= 4 is 17.3 Å². The Morgan fingerprint density at radius 1 is 1.43 bits per heavy atom. The van der Waals surface area contributed by atoms with Crippen molar-refractivity contribution in [3.63, 3.8) is 0 Å². The first-order valence-corrected chi connectivity index (χ1v) is 7.82. The van der Waals surface area contributed by atoms with E-state index in [0.717, 1.165) is 25.2 Å². The van der Waals surface area contributed by atoms with Crippen LogP contribution in [0.4, 0.5) is 5.69 Å². The van der Waals surface area contributed by atoms with E-state index in [0.29, 0.717) is 25.2 Å². The number of rotatable bonds is 4. The van der Waals surface area contributed by atoms with Gasteiger partial charge in [0.25, 0.3) is 5.56 Å². The van der Waals surface area contributed by atoms with E-state index < -0.39 is 0 Å². The first-order valence-electron chi connectivity index (χ1n) is 7.44. The van der Waals surface area contributed by atoms with Crippen LogP contribution < -0.4 is 15.8 Å². The van der Waals surface area contributed by atoms with E-state index in [1.54, 1.807) is 13.3 Å². The molecule has 0 spiro atoms. The predicted octanol–water partition coefficient (Wildman–Crippen LogP) is 0.874. The summed E-state index contributed by atoms with van der Waals surface area (Å²) in [4.78, 5) is 14.4. The zero-order valence-corrected chi connectivity index (χ0v) is 13.0. The Labute approximate surface area is 129 Å². The number of aromatic nitrogens is 2. The van der Waals surface area contributed by atoms with E-state index >= 15 is 0 Å². The summed E-state index contributed by atoms with van der Waals surface area (Å²) >= 11 is 6.29. The zero-order chi connectivity index (χ0) is 14.8. The van der Waals surface area contributed by atoms with Gasteiger partial charge in [-0.25, -0.2) is 4.68 Å². The molecule has 3 rings (SSSR count). The van der Waals surface area contributed by atoms with Crippen molar-refractivity contribution in [1.29, 1.82) is 0 Å². The van der Waals surface area contributed by atoms with Gasteiger partial charge in [0, 0.05) is 32.3 Å². The van der Waals surface area contributed by atoms with Crippen LogP contribution in [-0.2, 0) is 11.3 Å². The lowest BCUT2D eigenvalue weighted by Crippen LogP contribution is -2.37. The second-order valence-corrected chi connectivity index (χ2v) is 6.12. The van der Waals surface area contributed by atoms with Crippen LogP contribution in [0.3, 0.4) is 0 Å². The maximum Gasteiger partial charge on any atom is 0.287 e. The largest absolute Gasteiger partial charge is 0.383 e. The maximum absolute atomic E-state index is 12.3. The first kappa shape index (κ1) is 14.8. The Hall–Kier alpha value is -1.11. The molecule has 2 aliphatic rings. The summed E-state index contributed by atoms with van der Waals surface area (Å²) in [6.07, 6.45) is 5.23. The van der Waals surface area contributed by atoms with Crippen molar-refractivity contribution < 1.29 is 4.74 Å².